The first-order chi connectivity index (χ1) is 14.4. The largest absolute Gasteiger partial charge is 0.493 e. The van der Waals surface area contributed by atoms with E-state index in [0.717, 1.165) is 22.0 Å². The van der Waals surface area contributed by atoms with Crippen LogP contribution in [0.15, 0.2) is 52.5 Å². The highest BCUT2D eigenvalue weighted by molar-refractivity contribution is 7.71. The van der Waals surface area contributed by atoms with E-state index in [1.54, 1.807) is 0 Å². The van der Waals surface area contributed by atoms with Crippen LogP contribution in [0, 0.1) is 21.8 Å². The molecule has 0 aliphatic carbocycles. The number of hydrogen-bond acceptors (Lipinski definition) is 8. The van der Waals surface area contributed by atoms with Crippen LogP contribution in [0.4, 0.5) is 5.69 Å². The summed E-state index contributed by atoms with van der Waals surface area (Å²) in [5.74, 6) is 0.160. The summed E-state index contributed by atoms with van der Waals surface area (Å²) in [5.41, 5.74) is 1.37. The number of aromatic amines is 1. The highest BCUT2D eigenvalue weighted by Gasteiger charge is 2.22. The molecular weight excluding hydrogens is 410 g/mol. The third kappa shape index (κ3) is 4.58. The van der Waals surface area contributed by atoms with E-state index in [1.165, 1.54) is 25.5 Å². The molecule has 0 saturated carbocycles. The van der Waals surface area contributed by atoms with Crippen LogP contribution in [0.1, 0.15) is 16.7 Å². The summed E-state index contributed by atoms with van der Waals surface area (Å²) in [7, 11) is 1.38. The normalized spacial score (nSPS) is 10.9. The Labute approximate surface area is 175 Å². The molecule has 0 radical (unpaired) electrons. The highest BCUT2D eigenvalue weighted by atomic mass is 32.1. The first-order valence-corrected chi connectivity index (χ1v) is 9.06. The number of nitrogens with one attached hydrogen (secondary N) is 1. The molecule has 0 amide bonds. The molecule has 3 rings (SSSR count). The lowest BCUT2D eigenvalue weighted by molar-refractivity contribution is -0.386. The molecule has 0 spiro atoms. The summed E-state index contributed by atoms with van der Waals surface area (Å²) in [6, 6.07) is 10.4. The van der Waals surface area contributed by atoms with Crippen LogP contribution < -0.4 is 15.0 Å². The Hall–Kier alpha value is -3.86. The molecule has 3 aromatic rings. The van der Waals surface area contributed by atoms with E-state index >= 15 is 0 Å². The van der Waals surface area contributed by atoms with Crippen molar-refractivity contribution in [1.29, 1.82) is 0 Å². The van der Waals surface area contributed by atoms with Crippen LogP contribution in [0.25, 0.3) is 0 Å². The van der Waals surface area contributed by atoms with E-state index in [9.17, 15) is 14.9 Å². The number of benzene rings is 2. The summed E-state index contributed by atoms with van der Waals surface area (Å²) in [5, 5.41) is 21.6. The van der Waals surface area contributed by atoms with E-state index in [0.29, 0.717) is 5.56 Å². The minimum Gasteiger partial charge on any atom is -0.493 e. The molecule has 11 heteroatoms. The fourth-order valence-electron chi connectivity index (χ4n) is 2.62. The Morgan fingerprint density at radius 3 is 2.80 bits per heavy atom. The Bertz CT molecular complexity index is 1210. The quantitative estimate of drug-likeness (QED) is 0.266. The zero-order chi connectivity index (χ0) is 21.7. The number of nitro groups is 1. The Morgan fingerprint density at radius 1 is 1.37 bits per heavy atom. The Kier molecular flexibility index (Phi) is 6.32. The van der Waals surface area contributed by atoms with Crippen LogP contribution >= 0.6 is 12.2 Å². The first-order valence-electron chi connectivity index (χ1n) is 8.65. The maximum Gasteiger partial charge on any atom is 0.315 e. The number of aryl methyl sites for hydroxylation is 1. The van der Waals surface area contributed by atoms with Crippen molar-refractivity contribution in [3.05, 3.63) is 84.5 Å². The minimum atomic E-state index is -0.571. The van der Waals surface area contributed by atoms with Gasteiger partial charge >= 0.3 is 5.69 Å². The molecule has 1 heterocycles. The van der Waals surface area contributed by atoms with Crippen molar-refractivity contribution in [2.24, 2.45) is 5.10 Å². The van der Waals surface area contributed by atoms with Gasteiger partial charge in [-0.05, 0) is 36.3 Å². The molecule has 0 saturated heterocycles. The molecule has 1 N–H and O–H groups in total. The lowest BCUT2D eigenvalue weighted by Gasteiger charge is -2.13. The van der Waals surface area contributed by atoms with E-state index < -0.39 is 10.5 Å². The van der Waals surface area contributed by atoms with E-state index in [1.807, 2.05) is 31.2 Å². The maximum atomic E-state index is 11.8. The van der Waals surface area contributed by atoms with Crippen LogP contribution in [0.5, 0.6) is 11.5 Å². The Morgan fingerprint density at radius 2 is 2.13 bits per heavy atom. The molecule has 0 bridgehead atoms. The van der Waals surface area contributed by atoms with Crippen LogP contribution in [0.2, 0.25) is 0 Å². The lowest BCUT2D eigenvalue weighted by atomic mass is 10.1. The molecule has 0 unspecified atom stereocenters. The summed E-state index contributed by atoms with van der Waals surface area (Å²) in [6.07, 6.45) is 2.27. The van der Waals surface area contributed by atoms with Crippen LogP contribution in [-0.4, -0.2) is 33.1 Å². The SMILES string of the molecule is COc1cc(/C=N\n2c(=O)cn[nH]c2=S)cc([N+](=O)[O-])c1OCc1ccccc1C. The van der Waals surface area contributed by atoms with Crippen LogP contribution in [0.3, 0.4) is 0 Å². The van der Waals surface area contributed by atoms with Gasteiger partial charge in [0.05, 0.1) is 18.2 Å². The van der Waals surface area contributed by atoms with Gasteiger partial charge in [0.1, 0.15) is 12.8 Å². The predicted molar refractivity (Wildman–Crippen MR) is 112 cm³/mol. The average Bonchev–Trinajstić information content (AvgIpc) is 2.72. The van der Waals surface area contributed by atoms with Crippen molar-refractivity contribution < 1.29 is 14.4 Å². The summed E-state index contributed by atoms with van der Waals surface area (Å²) < 4.78 is 11.9. The smallest absolute Gasteiger partial charge is 0.315 e. The number of hydrogen-bond donors (Lipinski definition) is 1. The van der Waals surface area contributed by atoms with Crippen molar-refractivity contribution >= 4 is 24.1 Å². The first kappa shape index (κ1) is 20.9. The number of aromatic nitrogens is 3. The van der Waals surface area contributed by atoms with Gasteiger partial charge < -0.3 is 9.47 Å². The number of ether oxygens (including phenoxy) is 2. The van der Waals surface area contributed by atoms with Gasteiger partial charge in [0.2, 0.25) is 10.5 Å². The topological polar surface area (TPSA) is 125 Å². The second kappa shape index (κ2) is 9.09. The Balaban J connectivity index is 1.98. The van der Waals surface area contributed by atoms with Gasteiger partial charge in [0, 0.05) is 11.6 Å². The number of H-pyrrole nitrogens is 1. The monoisotopic (exact) mass is 427 g/mol. The molecular formula is C19H17N5O5S. The third-order valence-electron chi connectivity index (χ3n) is 4.17. The highest BCUT2D eigenvalue weighted by Crippen LogP contribution is 2.38. The summed E-state index contributed by atoms with van der Waals surface area (Å²) >= 11 is 4.96. The van der Waals surface area contributed by atoms with Gasteiger partial charge in [0.25, 0.3) is 5.56 Å². The fourth-order valence-corrected chi connectivity index (χ4v) is 2.81. The van der Waals surface area contributed by atoms with Crippen molar-refractivity contribution in [3.63, 3.8) is 0 Å². The molecule has 0 aliphatic heterocycles. The molecule has 2 aromatic carbocycles. The second-order valence-corrected chi connectivity index (χ2v) is 6.50. The molecule has 30 heavy (non-hydrogen) atoms. The summed E-state index contributed by atoms with van der Waals surface area (Å²) in [4.78, 5) is 22.9. The van der Waals surface area contributed by atoms with Gasteiger partial charge in [-0.1, -0.05) is 24.3 Å². The van der Waals surface area contributed by atoms with Gasteiger partial charge in [-0.2, -0.15) is 14.9 Å². The second-order valence-electron chi connectivity index (χ2n) is 6.11. The van der Waals surface area contributed by atoms with Crippen molar-refractivity contribution in [3.8, 4) is 11.5 Å². The minimum absolute atomic E-state index is 0.00118. The zero-order valence-electron chi connectivity index (χ0n) is 16.1. The molecule has 10 nitrogen and oxygen atoms in total. The number of rotatable bonds is 7. The van der Waals surface area contributed by atoms with Crippen molar-refractivity contribution in [1.82, 2.24) is 14.9 Å². The van der Waals surface area contributed by atoms with Crippen LogP contribution in [-0.2, 0) is 6.61 Å². The molecule has 154 valence electrons. The zero-order valence-corrected chi connectivity index (χ0v) is 16.9. The third-order valence-corrected chi connectivity index (χ3v) is 4.43. The number of nitro benzene ring substituents is 1. The fraction of sp³-hybridized carbons (Fsp3) is 0.158. The van der Waals surface area contributed by atoms with E-state index in [4.69, 9.17) is 21.7 Å². The average molecular weight is 427 g/mol. The molecule has 0 atom stereocenters. The van der Waals surface area contributed by atoms with E-state index in [-0.39, 0.29) is 28.6 Å². The van der Waals surface area contributed by atoms with Gasteiger partial charge in [-0.25, -0.2) is 0 Å². The van der Waals surface area contributed by atoms with Gasteiger partial charge in [-0.15, -0.1) is 0 Å². The van der Waals surface area contributed by atoms with Crippen molar-refractivity contribution in [2.75, 3.05) is 7.11 Å². The predicted octanol–water partition coefficient (Wildman–Crippen LogP) is 2.99. The van der Waals surface area contributed by atoms with Crippen molar-refractivity contribution in [2.45, 2.75) is 13.5 Å². The van der Waals surface area contributed by atoms with Gasteiger partial charge in [-0.3, -0.25) is 20.0 Å². The molecule has 0 fully saturated rings. The van der Waals surface area contributed by atoms with E-state index in [2.05, 4.69) is 15.3 Å². The standard InChI is InChI=1S/C19H17N5O5S/c1-12-5-3-4-6-14(12)11-29-18-15(24(26)27)7-13(8-16(18)28-2)9-21-23-17(25)10-20-22-19(23)30/h3-10H,11H2,1-2H3,(H,22,30)/b21-9-. The molecule has 1 aromatic heterocycles. The maximum absolute atomic E-state index is 11.8. The number of methoxy groups -OCH3 is 1. The van der Waals surface area contributed by atoms with Gasteiger partial charge in [0.15, 0.2) is 5.75 Å². The lowest BCUT2D eigenvalue weighted by Crippen LogP contribution is -2.18. The molecule has 0 aliphatic rings. The number of nitrogens with zero attached hydrogens (tertiary/aromatic N) is 4. The summed E-state index contributed by atoms with van der Waals surface area (Å²) in [6.45, 7) is 2.06.